The lowest BCUT2D eigenvalue weighted by atomic mass is 10.2. The van der Waals surface area contributed by atoms with Crippen molar-refractivity contribution in [3.63, 3.8) is 0 Å². The van der Waals surface area contributed by atoms with E-state index in [0.29, 0.717) is 0 Å². The van der Waals surface area contributed by atoms with E-state index in [0.717, 1.165) is 31.2 Å². The molecular weight excluding hydrogens is 228 g/mol. The molecule has 3 nitrogen and oxygen atoms in total. The summed E-state index contributed by atoms with van der Waals surface area (Å²) in [4.78, 5) is 0. The van der Waals surface area contributed by atoms with Crippen LogP contribution in [0.2, 0.25) is 0 Å². The summed E-state index contributed by atoms with van der Waals surface area (Å²) in [5, 5.41) is 7.08. The fourth-order valence-electron chi connectivity index (χ4n) is 0.846. The molecule has 0 aromatic heterocycles. The summed E-state index contributed by atoms with van der Waals surface area (Å²) in [6.45, 7) is 6.89. The molecule has 0 bridgehead atoms. The summed E-state index contributed by atoms with van der Waals surface area (Å²) in [6.07, 6.45) is 3.08. The molecule has 0 heterocycles. The normalized spacial score (nSPS) is 11.2. The molecule has 2 N–H and O–H groups in total. The van der Waals surface area contributed by atoms with Gasteiger partial charge in [0.1, 0.15) is 0 Å². The Morgan fingerprint density at radius 1 is 1.40 bits per heavy atom. The fourth-order valence-corrected chi connectivity index (χ4v) is 1.24. The summed E-state index contributed by atoms with van der Waals surface area (Å²) >= 11 is 6.98. The minimum absolute atomic E-state index is 0.221. The van der Waals surface area contributed by atoms with Crippen LogP contribution < -0.4 is 10.6 Å². The van der Waals surface area contributed by atoms with Crippen LogP contribution >= 0.6 is 24.0 Å². The molecule has 0 aliphatic rings. The van der Waals surface area contributed by atoms with Crippen LogP contribution in [0.1, 0.15) is 20.3 Å². The van der Waals surface area contributed by atoms with Gasteiger partial charge in [-0.1, -0.05) is 0 Å². The number of rotatable bonds is 7. The van der Waals surface area contributed by atoms with Gasteiger partial charge in [-0.05, 0) is 38.7 Å². The second-order valence-corrected chi connectivity index (χ2v) is 5.84. The lowest BCUT2D eigenvalue weighted by Crippen LogP contribution is -2.42. The topological polar surface area (TPSA) is 33.3 Å². The van der Waals surface area contributed by atoms with Crippen LogP contribution in [0.15, 0.2) is 0 Å². The first-order valence-electron chi connectivity index (χ1n) is 5.07. The molecule has 0 atom stereocenters. The number of thioether (sulfide) groups is 1. The van der Waals surface area contributed by atoms with Gasteiger partial charge >= 0.3 is 0 Å². The second-order valence-electron chi connectivity index (χ2n) is 3.92. The fraction of sp³-hybridized carbons (Fsp3) is 0.900. The molecule has 0 saturated heterocycles. The lowest BCUT2D eigenvalue weighted by molar-refractivity contribution is 0.195. The van der Waals surface area contributed by atoms with Gasteiger partial charge in [0, 0.05) is 31.6 Å². The van der Waals surface area contributed by atoms with E-state index < -0.39 is 0 Å². The van der Waals surface area contributed by atoms with Gasteiger partial charge < -0.3 is 15.4 Å². The first kappa shape index (κ1) is 15.0. The van der Waals surface area contributed by atoms with Crippen molar-refractivity contribution in [2.75, 3.05) is 33.1 Å². The van der Waals surface area contributed by atoms with Crippen molar-refractivity contribution in [2.45, 2.75) is 25.0 Å². The van der Waals surface area contributed by atoms with Crippen LogP contribution in [0.3, 0.4) is 0 Å². The number of thiocarbonyl (C=S) groups is 1. The summed E-state index contributed by atoms with van der Waals surface area (Å²) in [6, 6.07) is 0. The monoisotopic (exact) mass is 250 g/mol. The maximum atomic E-state index is 5.15. The quantitative estimate of drug-likeness (QED) is 0.530. The molecule has 0 aromatic carbocycles. The van der Waals surface area contributed by atoms with Crippen LogP contribution in [-0.4, -0.2) is 42.9 Å². The molecule has 0 unspecified atom stereocenters. The predicted octanol–water partition coefficient (Wildman–Crippen LogP) is 1.63. The standard InChI is InChI=1S/C10H22N2OS2/c1-10(2,15-4)8-12-9(14)11-6-5-7-13-3/h5-8H2,1-4H3,(H2,11,12,14). The summed E-state index contributed by atoms with van der Waals surface area (Å²) < 4.78 is 5.17. The highest BCUT2D eigenvalue weighted by Gasteiger charge is 2.15. The number of hydrogen-bond acceptors (Lipinski definition) is 3. The highest BCUT2D eigenvalue weighted by molar-refractivity contribution is 7.99. The molecule has 5 heteroatoms. The van der Waals surface area contributed by atoms with Crippen molar-refractivity contribution < 1.29 is 4.74 Å². The Morgan fingerprint density at radius 3 is 2.60 bits per heavy atom. The van der Waals surface area contributed by atoms with Crippen molar-refractivity contribution in [3.05, 3.63) is 0 Å². The molecule has 0 radical (unpaired) electrons. The average Bonchev–Trinajstić information content (AvgIpc) is 2.22. The maximum absolute atomic E-state index is 5.15. The van der Waals surface area contributed by atoms with Crippen molar-refractivity contribution in [3.8, 4) is 0 Å². The number of nitrogens with one attached hydrogen (secondary N) is 2. The summed E-state index contributed by atoms with van der Waals surface area (Å²) in [7, 11) is 1.71. The molecule has 0 spiro atoms. The zero-order valence-corrected chi connectivity index (χ0v) is 11.7. The van der Waals surface area contributed by atoms with Gasteiger partial charge in [-0.25, -0.2) is 0 Å². The zero-order chi connectivity index (χ0) is 11.7. The van der Waals surface area contributed by atoms with Crippen LogP contribution in [0.5, 0.6) is 0 Å². The highest BCUT2D eigenvalue weighted by Crippen LogP contribution is 2.19. The van der Waals surface area contributed by atoms with Crippen LogP contribution in [0.4, 0.5) is 0 Å². The molecule has 90 valence electrons. The Morgan fingerprint density at radius 2 is 2.07 bits per heavy atom. The van der Waals surface area contributed by atoms with Crippen LogP contribution in [0, 0.1) is 0 Å². The van der Waals surface area contributed by atoms with Crippen molar-refractivity contribution >= 4 is 29.1 Å². The van der Waals surface area contributed by atoms with Crippen molar-refractivity contribution in [1.29, 1.82) is 0 Å². The maximum Gasteiger partial charge on any atom is 0.166 e. The smallest absolute Gasteiger partial charge is 0.166 e. The average molecular weight is 250 g/mol. The van der Waals surface area contributed by atoms with Gasteiger partial charge in [0.25, 0.3) is 0 Å². The van der Waals surface area contributed by atoms with E-state index >= 15 is 0 Å². The Hall–Kier alpha value is 0. The molecule has 0 rings (SSSR count). The third-order valence-corrected chi connectivity index (χ3v) is 3.58. The second kappa shape index (κ2) is 8.19. The van der Waals surface area contributed by atoms with E-state index in [1.165, 1.54) is 0 Å². The molecule has 15 heavy (non-hydrogen) atoms. The Labute approximate surface area is 103 Å². The third kappa shape index (κ3) is 8.96. The van der Waals surface area contributed by atoms with Gasteiger partial charge in [0.2, 0.25) is 0 Å². The first-order chi connectivity index (χ1) is 7.02. The van der Waals surface area contributed by atoms with Gasteiger partial charge in [-0.15, -0.1) is 0 Å². The van der Waals surface area contributed by atoms with Gasteiger partial charge in [0.15, 0.2) is 5.11 Å². The molecule has 0 aliphatic carbocycles. The molecule has 0 aliphatic heterocycles. The largest absolute Gasteiger partial charge is 0.385 e. The summed E-state index contributed by atoms with van der Waals surface area (Å²) in [5.41, 5.74) is 0. The van der Waals surface area contributed by atoms with E-state index in [4.69, 9.17) is 17.0 Å². The van der Waals surface area contributed by atoms with Crippen molar-refractivity contribution in [1.82, 2.24) is 10.6 Å². The van der Waals surface area contributed by atoms with E-state index in [1.54, 1.807) is 7.11 Å². The van der Waals surface area contributed by atoms with Crippen molar-refractivity contribution in [2.24, 2.45) is 0 Å². The molecule has 0 saturated carbocycles. The Bertz CT molecular complexity index is 186. The van der Waals surface area contributed by atoms with E-state index in [9.17, 15) is 0 Å². The Balaban J connectivity index is 3.49. The number of ether oxygens (including phenoxy) is 1. The first-order valence-corrected chi connectivity index (χ1v) is 6.71. The minimum atomic E-state index is 0.221. The molecule has 0 amide bonds. The molecule has 0 fully saturated rings. The molecule has 0 aromatic rings. The van der Waals surface area contributed by atoms with E-state index in [-0.39, 0.29) is 4.75 Å². The van der Waals surface area contributed by atoms with E-state index in [1.807, 2.05) is 11.8 Å². The minimum Gasteiger partial charge on any atom is -0.385 e. The number of methoxy groups -OCH3 is 1. The van der Waals surface area contributed by atoms with Gasteiger partial charge in [0.05, 0.1) is 0 Å². The predicted molar refractivity (Wildman–Crippen MR) is 72.7 cm³/mol. The highest BCUT2D eigenvalue weighted by atomic mass is 32.2. The summed E-state index contributed by atoms with van der Waals surface area (Å²) in [5.74, 6) is 0. The Kier molecular flexibility index (Phi) is 8.19. The van der Waals surface area contributed by atoms with Crippen LogP contribution in [-0.2, 0) is 4.74 Å². The SMILES string of the molecule is COCCCNC(=S)NCC(C)(C)SC. The lowest BCUT2D eigenvalue weighted by Gasteiger charge is -2.23. The third-order valence-electron chi connectivity index (χ3n) is 2.04. The van der Waals surface area contributed by atoms with Crippen LogP contribution in [0.25, 0.3) is 0 Å². The molecular formula is C10H22N2OS2. The van der Waals surface area contributed by atoms with Gasteiger partial charge in [-0.3, -0.25) is 0 Å². The van der Waals surface area contributed by atoms with E-state index in [2.05, 4.69) is 30.7 Å². The number of hydrogen-bond donors (Lipinski definition) is 2. The van der Waals surface area contributed by atoms with Gasteiger partial charge in [-0.2, -0.15) is 11.8 Å². The zero-order valence-electron chi connectivity index (χ0n) is 10.1.